The van der Waals surface area contributed by atoms with Crippen molar-refractivity contribution < 1.29 is 0 Å². The SMILES string of the molecule is CN(C)CCn1c(/N=C/c2nc3ccccc3n2C)nc2ccccc21. The number of aryl methyl sites for hydroxylation is 1. The van der Waals surface area contributed by atoms with E-state index in [4.69, 9.17) is 4.98 Å². The first-order valence-electron chi connectivity index (χ1n) is 8.69. The zero-order valence-electron chi connectivity index (χ0n) is 15.3. The average molecular weight is 346 g/mol. The Kier molecular flexibility index (Phi) is 4.26. The summed E-state index contributed by atoms with van der Waals surface area (Å²) in [6.07, 6.45) is 1.80. The van der Waals surface area contributed by atoms with E-state index in [1.54, 1.807) is 6.21 Å². The minimum absolute atomic E-state index is 0.708. The van der Waals surface area contributed by atoms with Gasteiger partial charge in [-0.3, -0.25) is 0 Å². The molecular formula is C20H22N6. The number of aromatic nitrogens is 4. The quantitative estimate of drug-likeness (QED) is 0.521. The first kappa shape index (κ1) is 16.5. The van der Waals surface area contributed by atoms with Gasteiger partial charge in [0.15, 0.2) is 5.82 Å². The second kappa shape index (κ2) is 6.72. The van der Waals surface area contributed by atoms with Gasteiger partial charge in [0.25, 0.3) is 0 Å². The molecule has 0 saturated heterocycles. The Balaban J connectivity index is 1.74. The van der Waals surface area contributed by atoms with Crippen molar-refractivity contribution in [2.24, 2.45) is 12.0 Å². The highest BCUT2D eigenvalue weighted by atomic mass is 15.2. The number of para-hydroxylation sites is 4. The second-order valence-corrected chi connectivity index (χ2v) is 6.63. The maximum Gasteiger partial charge on any atom is 0.230 e. The summed E-state index contributed by atoms with van der Waals surface area (Å²) in [5.74, 6) is 1.53. The zero-order chi connectivity index (χ0) is 18.1. The number of hydrogen-bond acceptors (Lipinski definition) is 4. The molecule has 0 saturated carbocycles. The summed E-state index contributed by atoms with van der Waals surface area (Å²) in [6, 6.07) is 16.2. The number of aliphatic imine (C=N–C) groups is 1. The van der Waals surface area contributed by atoms with Crippen LogP contribution in [0, 0.1) is 0 Å². The molecule has 2 heterocycles. The summed E-state index contributed by atoms with van der Waals surface area (Å²) < 4.78 is 4.21. The van der Waals surface area contributed by atoms with E-state index < -0.39 is 0 Å². The Morgan fingerprint density at radius 1 is 0.962 bits per heavy atom. The van der Waals surface area contributed by atoms with Gasteiger partial charge in [-0.15, -0.1) is 0 Å². The largest absolute Gasteiger partial charge is 0.326 e. The van der Waals surface area contributed by atoms with Gasteiger partial charge in [-0.25, -0.2) is 15.0 Å². The van der Waals surface area contributed by atoms with Crippen molar-refractivity contribution in [3.05, 3.63) is 54.4 Å². The number of hydrogen-bond donors (Lipinski definition) is 0. The number of fused-ring (bicyclic) bond motifs is 2. The van der Waals surface area contributed by atoms with Gasteiger partial charge in [-0.05, 0) is 38.4 Å². The fourth-order valence-corrected chi connectivity index (χ4v) is 3.08. The lowest BCUT2D eigenvalue weighted by Crippen LogP contribution is -2.18. The van der Waals surface area contributed by atoms with Crippen molar-refractivity contribution in [1.29, 1.82) is 0 Å². The number of rotatable bonds is 5. The molecule has 0 amide bonds. The summed E-state index contributed by atoms with van der Waals surface area (Å²) in [4.78, 5) is 16.2. The van der Waals surface area contributed by atoms with E-state index in [-0.39, 0.29) is 0 Å². The Morgan fingerprint density at radius 2 is 1.62 bits per heavy atom. The highest BCUT2D eigenvalue weighted by Crippen LogP contribution is 2.22. The summed E-state index contributed by atoms with van der Waals surface area (Å²) in [7, 11) is 6.15. The number of nitrogens with zero attached hydrogens (tertiary/aromatic N) is 6. The molecule has 6 nitrogen and oxygen atoms in total. The van der Waals surface area contributed by atoms with Crippen molar-refractivity contribution in [2.45, 2.75) is 6.54 Å². The second-order valence-electron chi connectivity index (χ2n) is 6.63. The molecule has 0 aliphatic rings. The maximum absolute atomic E-state index is 4.70. The fourth-order valence-electron chi connectivity index (χ4n) is 3.08. The Morgan fingerprint density at radius 3 is 2.31 bits per heavy atom. The predicted octanol–water partition coefficient (Wildman–Crippen LogP) is 3.24. The lowest BCUT2D eigenvalue weighted by Gasteiger charge is -2.11. The number of imidazole rings is 2. The third-order valence-electron chi connectivity index (χ3n) is 4.52. The van der Waals surface area contributed by atoms with Crippen LogP contribution in [0.1, 0.15) is 5.82 Å². The van der Waals surface area contributed by atoms with Crippen LogP contribution in [0.2, 0.25) is 0 Å². The van der Waals surface area contributed by atoms with Crippen LogP contribution in [0.5, 0.6) is 0 Å². The highest BCUT2D eigenvalue weighted by molar-refractivity contribution is 5.86. The molecule has 2 aromatic carbocycles. The van der Waals surface area contributed by atoms with E-state index >= 15 is 0 Å². The van der Waals surface area contributed by atoms with Crippen molar-refractivity contribution >= 4 is 34.2 Å². The predicted molar refractivity (Wildman–Crippen MR) is 106 cm³/mol. The van der Waals surface area contributed by atoms with Crippen molar-refractivity contribution in [2.75, 3.05) is 20.6 Å². The molecule has 0 aliphatic heterocycles. The molecule has 0 fully saturated rings. The van der Waals surface area contributed by atoms with Crippen LogP contribution in [0.15, 0.2) is 53.5 Å². The third-order valence-corrected chi connectivity index (χ3v) is 4.52. The van der Waals surface area contributed by atoms with E-state index in [2.05, 4.69) is 45.7 Å². The molecule has 0 unspecified atom stereocenters. The van der Waals surface area contributed by atoms with E-state index in [0.717, 1.165) is 41.0 Å². The molecule has 0 bridgehead atoms. The van der Waals surface area contributed by atoms with Gasteiger partial charge in [0.05, 0.1) is 28.3 Å². The van der Waals surface area contributed by atoms with E-state index in [1.165, 1.54) is 0 Å². The summed E-state index contributed by atoms with van der Waals surface area (Å²) >= 11 is 0. The lowest BCUT2D eigenvalue weighted by atomic mass is 10.3. The van der Waals surface area contributed by atoms with Crippen LogP contribution in [0.3, 0.4) is 0 Å². The van der Waals surface area contributed by atoms with Gasteiger partial charge >= 0.3 is 0 Å². The Labute approximate surface area is 152 Å². The molecular weight excluding hydrogens is 324 g/mol. The molecule has 4 aromatic rings. The minimum atomic E-state index is 0.708. The summed E-state index contributed by atoms with van der Waals surface area (Å²) in [5.41, 5.74) is 4.13. The van der Waals surface area contributed by atoms with Crippen LogP contribution >= 0.6 is 0 Å². The van der Waals surface area contributed by atoms with Crippen LogP contribution < -0.4 is 0 Å². The molecule has 0 aliphatic carbocycles. The highest BCUT2D eigenvalue weighted by Gasteiger charge is 2.10. The molecule has 132 valence electrons. The zero-order valence-corrected chi connectivity index (χ0v) is 15.3. The molecule has 4 rings (SSSR count). The van der Waals surface area contributed by atoms with Gasteiger partial charge in [0.1, 0.15) is 0 Å². The molecule has 26 heavy (non-hydrogen) atoms. The standard InChI is InChI=1S/C20H22N6/c1-24(2)12-13-26-18-11-7-5-9-16(18)23-20(26)21-14-19-22-15-8-4-6-10-17(15)25(19)3/h4-11,14H,12-13H2,1-3H3/b21-14+. The van der Waals surface area contributed by atoms with Gasteiger partial charge in [0, 0.05) is 20.1 Å². The molecule has 0 atom stereocenters. The Bertz CT molecular complexity index is 1090. The van der Waals surface area contributed by atoms with Gasteiger partial charge in [0.2, 0.25) is 5.95 Å². The van der Waals surface area contributed by atoms with E-state index in [9.17, 15) is 0 Å². The van der Waals surface area contributed by atoms with Gasteiger partial charge < -0.3 is 14.0 Å². The van der Waals surface area contributed by atoms with E-state index in [0.29, 0.717) is 5.95 Å². The third kappa shape index (κ3) is 2.99. The molecule has 2 aromatic heterocycles. The van der Waals surface area contributed by atoms with Crippen molar-refractivity contribution in [1.82, 2.24) is 24.0 Å². The first-order chi connectivity index (χ1) is 12.6. The Hall–Kier alpha value is -2.99. The summed E-state index contributed by atoms with van der Waals surface area (Å²) in [6.45, 7) is 1.76. The summed E-state index contributed by atoms with van der Waals surface area (Å²) in [5, 5.41) is 0. The maximum atomic E-state index is 4.70. The monoisotopic (exact) mass is 346 g/mol. The van der Waals surface area contributed by atoms with E-state index in [1.807, 2.05) is 48.0 Å². The topological polar surface area (TPSA) is 51.2 Å². The van der Waals surface area contributed by atoms with Crippen LogP contribution in [0.4, 0.5) is 5.95 Å². The molecule has 6 heteroatoms. The normalized spacial score (nSPS) is 12.2. The molecule has 0 N–H and O–H groups in total. The number of likely N-dealkylation sites (N-methyl/N-ethyl adjacent to an activating group) is 1. The van der Waals surface area contributed by atoms with Gasteiger partial charge in [-0.1, -0.05) is 24.3 Å². The van der Waals surface area contributed by atoms with Gasteiger partial charge in [-0.2, -0.15) is 0 Å². The number of benzene rings is 2. The minimum Gasteiger partial charge on any atom is -0.326 e. The fraction of sp³-hybridized carbons (Fsp3) is 0.250. The van der Waals surface area contributed by atoms with Crippen LogP contribution in [-0.4, -0.2) is 50.9 Å². The average Bonchev–Trinajstić information content (AvgIpc) is 3.16. The molecule has 0 radical (unpaired) electrons. The van der Waals surface area contributed by atoms with Crippen LogP contribution in [0.25, 0.3) is 22.1 Å². The lowest BCUT2D eigenvalue weighted by molar-refractivity contribution is 0.387. The first-order valence-corrected chi connectivity index (χ1v) is 8.69. The van der Waals surface area contributed by atoms with Crippen molar-refractivity contribution in [3.8, 4) is 0 Å². The van der Waals surface area contributed by atoms with Crippen LogP contribution in [-0.2, 0) is 13.6 Å². The van der Waals surface area contributed by atoms with Crippen molar-refractivity contribution in [3.63, 3.8) is 0 Å². The molecule has 0 spiro atoms. The smallest absolute Gasteiger partial charge is 0.230 e.